The van der Waals surface area contributed by atoms with Crippen LogP contribution >= 0.6 is 23.2 Å². The van der Waals surface area contributed by atoms with Gasteiger partial charge in [0.2, 0.25) is 10.0 Å². The lowest BCUT2D eigenvalue weighted by Gasteiger charge is -2.27. The number of methoxy groups -OCH3 is 1. The van der Waals surface area contributed by atoms with Gasteiger partial charge in [0.1, 0.15) is 5.54 Å². The van der Waals surface area contributed by atoms with E-state index in [2.05, 4.69) is 9.46 Å². The van der Waals surface area contributed by atoms with Gasteiger partial charge in [-0.2, -0.15) is 4.72 Å². The number of carbonyl (C=O) groups excluding carboxylic acids is 1. The van der Waals surface area contributed by atoms with Crippen LogP contribution in [0.2, 0.25) is 10.0 Å². The number of esters is 1. The number of ether oxygens (including phenoxy) is 1. The Kier molecular flexibility index (Phi) is 6.04. The summed E-state index contributed by atoms with van der Waals surface area (Å²) in [5.41, 5.74) is -1.35. The highest BCUT2D eigenvalue weighted by Gasteiger charge is 2.38. The van der Waals surface area contributed by atoms with E-state index in [-0.39, 0.29) is 14.9 Å². The third-order valence-electron chi connectivity index (χ3n) is 2.89. The molecule has 1 atom stereocenters. The van der Waals surface area contributed by atoms with Gasteiger partial charge in [-0.1, -0.05) is 36.5 Å². The highest BCUT2D eigenvalue weighted by atomic mass is 35.5. The predicted molar refractivity (Wildman–Crippen MR) is 82.1 cm³/mol. The van der Waals surface area contributed by atoms with Crippen LogP contribution < -0.4 is 4.72 Å². The van der Waals surface area contributed by atoms with Crippen molar-refractivity contribution in [2.45, 2.75) is 37.1 Å². The molecule has 0 aliphatic heterocycles. The van der Waals surface area contributed by atoms with Gasteiger partial charge in [-0.05, 0) is 31.5 Å². The second kappa shape index (κ2) is 6.96. The molecule has 21 heavy (non-hydrogen) atoms. The minimum absolute atomic E-state index is 0.105. The van der Waals surface area contributed by atoms with E-state index in [0.29, 0.717) is 12.8 Å². The summed E-state index contributed by atoms with van der Waals surface area (Å²) in [6.45, 7) is 3.32. The van der Waals surface area contributed by atoms with Crippen molar-refractivity contribution in [1.29, 1.82) is 0 Å². The molecular formula is C13H17Cl2NO4S. The van der Waals surface area contributed by atoms with Crippen LogP contribution in [0.3, 0.4) is 0 Å². The number of rotatable bonds is 6. The second-order valence-corrected chi connectivity index (χ2v) is 7.34. The van der Waals surface area contributed by atoms with Gasteiger partial charge in [-0.25, -0.2) is 8.42 Å². The van der Waals surface area contributed by atoms with E-state index >= 15 is 0 Å². The maximum absolute atomic E-state index is 12.4. The van der Waals surface area contributed by atoms with Crippen molar-refractivity contribution in [3.8, 4) is 0 Å². The Hall–Kier alpha value is -0.820. The number of nitrogens with one attached hydrogen (secondary N) is 1. The first kappa shape index (κ1) is 18.2. The summed E-state index contributed by atoms with van der Waals surface area (Å²) in [6, 6.07) is 3.95. The Bertz CT molecular complexity index is 613. The number of hydrogen-bond donors (Lipinski definition) is 1. The first-order valence-corrected chi connectivity index (χ1v) is 8.47. The van der Waals surface area contributed by atoms with E-state index in [1.807, 2.05) is 6.92 Å². The monoisotopic (exact) mass is 353 g/mol. The zero-order valence-corrected chi connectivity index (χ0v) is 14.3. The zero-order valence-electron chi connectivity index (χ0n) is 11.9. The van der Waals surface area contributed by atoms with E-state index in [0.717, 1.165) is 0 Å². The van der Waals surface area contributed by atoms with Crippen molar-refractivity contribution in [2.24, 2.45) is 0 Å². The largest absolute Gasteiger partial charge is 0.468 e. The summed E-state index contributed by atoms with van der Waals surface area (Å²) < 4.78 is 31.9. The van der Waals surface area contributed by atoms with Crippen LogP contribution in [0.15, 0.2) is 23.1 Å². The molecule has 0 aromatic heterocycles. The molecule has 118 valence electrons. The van der Waals surface area contributed by atoms with Gasteiger partial charge in [0.15, 0.2) is 0 Å². The predicted octanol–water partition coefficient (Wildman–Crippen LogP) is 3.00. The van der Waals surface area contributed by atoms with Crippen LogP contribution in [-0.2, 0) is 19.6 Å². The smallest absolute Gasteiger partial charge is 0.326 e. The van der Waals surface area contributed by atoms with Crippen molar-refractivity contribution in [1.82, 2.24) is 4.72 Å². The van der Waals surface area contributed by atoms with Gasteiger partial charge < -0.3 is 4.74 Å². The van der Waals surface area contributed by atoms with Gasteiger partial charge in [0, 0.05) is 10.0 Å². The molecule has 0 aliphatic carbocycles. The zero-order chi connectivity index (χ0) is 16.3. The number of benzene rings is 1. The van der Waals surface area contributed by atoms with Crippen LogP contribution in [-0.4, -0.2) is 27.0 Å². The maximum Gasteiger partial charge on any atom is 0.326 e. The molecular weight excluding hydrogens is 337 g/mol. The minimum atomic E-state index is -3.96. The molecule has 0 amide bonds. The molecule has 8 heteroatoms. The minimum Gasteiger partial charge on any atom is -0.468 e. The van der Waals surface area contributed by atoms with Gasteiger partial charge in [-0.3, -0.25) is 4.79 Å². The van der Waals surface area contributed by atoms with Gasteiger partial charge >= 0.3 is 5.97 Å². The van der Waals surface area contributed by atoms with E-state index in [4.69, 9.17) is 23.2 Å². The maximum atomic E-state index is 12.4. The second-order valence-electron chi connectivity index (χ2n) is 4.78. The quantitative estimate of drug-likeness (QED) is 0.797. The molecule has 1 rings (SSSR count). The normalized spacial score (nSPS) is 14.5. The van der Waals surface area contributed by atoms with Crippen molar-refractivity contribution >= 4 is 39.2 Å². The van der Waals surface area contributed by atoms with E-state index in [9.17, 15) is 13.2 Å². The molecule has 0 spiro atoms. The van der Waals surface area contributed by atoms with E-state index in [1.165, 1.54) is 32.2 Å². The fraction of sp³-hybridized carbons (Fsp3) is 0.462. The molecule has 0 radical (unpaired) electrons. The lowest BCUT2D eigenvalue weighted by molar-refractivity contribution is -0.147. The summed E-state index contributed by atoms with van der Waals surface area (Å²) in [5, 5.41) is 0.385. The molecule has 1 N–H and O–H groups in total. The van der Waals surface area contributed by atoms with E-state index in [1.54, 1.807) is 0 Å². The molecule has 0 heterocycles. The fourth-order valence-electron chi connectivity index (χ4n) is 1.96. The molecule has 0 fully saturated rings. The van der Waals surface area contributed by atoms with Crippen LogP contribution in [0, 0.1) is 0 Å². The Labute approximate surface area is 134 Å². The number of hydrogen-bond acceptors (Lipinski definition) is 4. The first-order valence-electron chi connectivity index (χ1n) is 6.23. The lowest BCUT2D eigenvalue weighted by atomic mass is 9.98. The number of carbonyl (C=O) groups is 1. The van der Waals surface area contributed by atoms with E-state index < -0.39 is 21.5 Å². The average Bonchev–Trinajstić information content (AvgIpc) is 2.36. The summed E-state index contributed by atoms with van der Waals surface area (Å²) in [7, 11) is -2.75. The van der Waals surface area contributed by atoms with Crippen molar-refractivity contribution in [2.75, 3.05) is 7.11 Å². The van der Waals surface area contributed by atoms with Crippen LogP contribution in [0.25, 0.3) is 0 Å². The number of halogens is 2. The third-order valence-corrected chi connectivity index (χ3v) is 4.90. The molecule has 1 aromatic rings. The average molecular weight is 354 g/mol. The molecule has 0 unspecified atom stereocenters. The Morgan fingerprint density at radius 1 is 1.29 bits per heavy atom. The van der Waals surface area contributed by atoms with Crippen LogP contribution in [0.1, 0.15) is 26.7 Å². The molecule has 1 aromatic carbocycles. The summed E-state index contributed by atoms with van der Waals surface area (Å²) in [6.07, 6.45) is 0.900. The first-order chi connectivity index (χ1) is 9.64. The van der Waals surface area contributed by atoms with Crippen molar-refractivity contribution in [3.63, 3.8) is 0 Å². The summed E-state index contributed by atoms with van der Waals surface area (Å²) >= 11 is 11.6. The molecule has 0 saturated carbocycles. The Morgan fingerprint density at radius 3 is 2.24 bits per heavy atom. The van der Waals surface area contributed by atoms with Crippen molar-refractivity contribution < 1.29 is 17.9 Å². The summed E-state index contributed by atoms with van der Waals surface area (Å²) in [4.78, 5) is 11.8. The highest BCUT2D eigenvalue weighted by Crippen LogP contribution is 2.24. The molecule has 0 aliphatic rings. The standard InChI is InChI=1S/C13H17Cl2NO4S/c1-4-5-13(2,12(17)20-3)16-21(18,19)11-7-9(14)6-10(15)8-11/h6-8,16H,4-5H2,1-3H3/t13-/m1/s1. The van der Waals surface area contributed by atoms with Gasteiger partial charge in [-0.15, -0.1) is 0 Å². The fourth-order valence-corrected chi connectivity index (χ4v) is 4.08. The Morgan fingerprint density at radius 2 is 1.81 bits per heavy atom. The molecule has 0 bridgehead atoms. The number of sulfonamides is 1. The lowest BCUT2D eigenvalue weighted by Crippen LogP contribution is -2.52. The van der Waals surface area contributed by atoms with Gasteiger partial charge in [0.25, 0.3) is 0 Å². The highest BCUT2D eigenvalue weighted by molar-refractivity contribution is 7.89. The van der Waals surface area contributed by atoms with Crippen molar-refractivity contribution in [3.05, 3.63) is 28.2 Å². The third kappa shape index (κ3) is 4.57. The van der Waals surface area contributed by atoms with Crippen LogP contribution in [0.4, 0.5) is 0 Å². The summed E-state index contributed by atoms with van der Waals surface area (Å²) in [5.74, 6) is -0.652. The molecule has 0 saturated heterocycles. The van der Waals surface area contributed by atoms with Crippen LogP contribution in [0.5, 0.6) is 0 Å². The SMILES string of the molecule is CCC[C@@](C)(NS(=O)(=O)c1cc(Cl)cc(Cl)c1)C(=O)OC. The topological polar surface area (TPSA) is 72.5 Å². The molecule has 5 nitrogen and oxygen atoms in total. The van der Waals surface area contributed by atoms with Gasteiger partial charge in [0.05, 0.1) is 12.0 Å². The Balaban J connectivity index is 3.20.